The van der Waals surface area contributed by atoms with Crippen LogP contribution in [-0.4, -0.2) is 42.3 Å². The van der Waals surface area contributed by atoms with Crippen molar-refractivity contribution in [3.63, 3.8) is 0 Å². The maximum atomic E-state index is 12.7. The number of hydrogen-bond donors (Lipinski definition) is 1. The molecule has 0 atom stereocenters. The van der Waals surface area contributed by atoms with Crippen LogP contribution in [0.2, 0.25) is 0 Å². The summed E-state index contributed by atoms with van der Waals surface area (Å²) in [4.78, 5) is 17.1. The predicted molar refractivity (Wildman–Crippen MR) is 118 cm³/mol. The monoisotopic (exact) mass is 473 g/mol. The van der Waals surface area contributed by atoms with Gasteiger partial charge in [0.15, 0.2) is 17.3 Å². The summed E-state index contributed by atoms with van der Waals surface area (Å²) in [5, 5.41) is 8.96. The Morgan fingerprint density at radius 1 is 1.12 bits per heavy atom. The largest absolute Gasteiger partial charge is 0.490 e. The minimum absolute atomic E-state index is 0.0427. The van der Waals surface area contributed by atoms with Crippen molar-refractivity contribution in [3.05, 3.63) is 60.0 Å². The molecule has 1 saturated carbocycles. The highest BCUT2D eigenvalue weighted by molar-refractivity contribution is 5.98. The van der Waals surface area contributed by atoms with Crippen LogP contribution in [0, 0.1) is 5.92 Å². The lowest BCUT2D eigenvalue weighted by molar-refractivity contribution is -0.0515. The van der Waals surface area contributed by atoms with Crippen LogP contribution in [0.3, 0.4) is 0 Å². The van der Waals surface area contributed by atoms with Gasteiger partial charge in [-0.2, -0.15) is 8.78 Å². The van der Waals surface area contributed by atoms with Gasteiger partial charge in [0.25, 0.3) is 0 Å². The molecule has 0 saturated heterocycles. The van der Waals surface area contributed by atoms with Crippen LogP contribution in [0.1, 0.15) is 35.3 Å². The van der Waals surface area contributed by atoms with E-state index in [2.05, 4.69) is 9.72 Å². The van der Waals surface area contributed by atoms with Crippen molar-refractivity contribution in [1.82, 2.24) is 4.98 Å². The number of carbonyl (C=O) groups excluding carboxylic acids is 1. The highest BCUT2D eigenvalue weighted by Crippen LogP contribution is 2.36. The van der Waals surface area contributed by atoms with E-state index in [4.69, 9.17) is 19.0 Å². The van der Waals surface area contributed by atoms with E-state index in [1.807, 2.05) is 0 Å². The maximum Gasteiger partial charge on any atom is 0.387 e. The number of aliphatic hydroxyl groups excluding tert-OH is 1. The van der Waals surface area contributed by atoms with Crippen molar-refractivity contribution in [3.8, 4) is 28.7 Å². The number of para-hydroxylation sites is 1. The van der Waals surface area contributed by atoms with Crippen molar-refractivity contribution in [2.45, 2.75) is 32.3 Å². The fourth-order valence-electron chi connectivity index (χ4n) is 3.35. The van der Waals surface area contributed by atoms with Gasteiger partial charge >= 0.3 is 6.61 Å². The number of aromatic nitrogens is 1. The van der Waals surface area contributed by atoms with Crippen LogP contribution in [0.15, 0.2) is 53.1 Å². The summed E-state index contributed by atoms with van der Waals surface area (Å²) >= 11 is 0. The van der Waals surface area contributed by atoms with Gasteiger partial charge in [0.05, 0.1) is 24.5 Å². The molecule has 4 rings (SSSR count). The summed E-state index contributed by atoms with van der Waals surface area (Å²) in [6.07, 6.45) is 4.11. The zero-order valence-electron chi connectivity index (χ0n) is 18.4. The van der Waals surface area contributed by atoms with Gasteiger partial charge in [-0.3, -0.25) is 4.79 Å². The van der Waals surface area contributed by atoms with E-state index >= 15 is 0 Å². The highest BCUT2D eigenvalue weighted by Gasteiger charge is 2.23. The van der Waals surface area contributed by atoms with Crippen molar-refractivity contribution >= 4 is 5.78 Å². The number of alkyl halides is 2. The number of halogens is 2. The van der Waals surface area contributed by atoms with Gasteiger partial charge < -0.3 is 23.7 Å². The first-order valence-electron chi connectivity index (χ1n) is 11.1. The molecule has 0 radical (unpaired) electrons. The lowest BCUT2D eigenvalue weighted by Crippen LogP contribution is -2.08. The fraction of sp³-hybridized carbons (Fsp3) is 0.360. The molecule has 1 N–H and O–H groups in total. The number of rotatable bonds is 13. The minimum Gasteiger partial charge on any atom is -0.490 e. The Kier molecular flexibility index (Phi) is 7.74. The third-order valence-electron chi connectivity index (χ3n) is 5.27. The van der Waals surface area contributed by atoms with Crippen LogP contribution < -0.4 is 14.2 Å². The summed E-state index contributed by atoms with van der Waals surface area (Å²) in [6, 6.07) is 11.4. The molecular weight excluding hydrogens is 448 g/mol. The minimum atomic E-state index is -2.96. The van der Waals surface area contributed by atoms with Gasteiger partial charge in [0.2, 0.25) is 5.89 Å². The smallest absolute Gasteiger partial charge is 0.387 e. The van der Waals surface area contributed by atoms with Crippen LogP contribution >= 0.6 is 0 Å². The quantitative estimate of drug-likeness (QED) is 0.353. The Labute approximate surface area is 195 Å². The number of Topliss-reactive ketones (excluding diaryl/α,β-unsaturated/α-hetero) is 1. The SMILES string of the molecule is O=C(CCc1coc(-c2ccc(OC(F)F)c(OCC3CC3)c2)n1)c1ccccc1OCCO. The molecule has 1 fully saturated rings. The number of ketones is 1. The first-order valence-corrected chi connectivity index (χ1v) is 11.1. The third kappa shape index (κ3) is 6.32. The lowest BCUT2D eigenvalue weighted by Gasteiger charge is -2.12. The second-order valence-corrected chi connectivity index (χ2v) is 7.93. The average molecular weight is 473 g/mol. The molecule has 9 heteroatoms. The molecule has 2 aromatic carbocycles. The van der Waals surface area contributed by atoms with E-state index in [1.165, 1.54) is 12.3 Å². The number of hydrogen-bond acceptors (Lipinski definition) is 7. The average Bonchev–Trinajstić information content (AvgIpc) is 3.55. The van der Waals surface area contributed by atoms with Crippen LogP contribution in [0.5, 0.6) is 17.2 Å². The molecule has 1 heterocycles. The number of carbonyl (C=O) groups is 1. The van der Waals surface area contributed by atoms with Gasteiger partial charge in [0.1, 0.15) is 18.6 Å². The van der Waals surface area contributed by atoms with Crippen molar-refractivity contribution in [2.24, 2.45) is 5.92 Å². The molecule has 0 aliphatic heterocycles. The molecule has 180 valence electrons. The van der Waals surface area contributed by atoms with E-state index in [1.54, 1.807) is 36.4 Å². The van der Waals surface area contributed by atoms with Gasteiger partial charge in [-0.1, -0.05) is 12.1 Å². The first-order chi connectivity index (χ1) is 16.5. The van der Waals surface area contributed by atoms with E-state index in [-0.39, 0.29) is 42.8 Å². The van der Waals surface area contributed by atoms with Crippen LogP contribution in [-0.2, 0) is 6.42 Å². The zero-order valence-corrected chi connectivity index (χ0v) is 18.4. The molecule has 1 aliphatic rings. The second kappa shape index (κ2) is 11.1. The molecule has 0 bridgehead atoms. The zero-order chi connectivity index (χ0) is 23.9. The standard InChI is InChI=1S/C25H25F2NO6/c26-25(27)34-22-10-7-17(13-23(22)32-14-16-5-6-16)24-28-18(15-33-24)8-9-20(30)19-3-1-2-4-21(19)31-12-11-29/h1-4,7,10,13,15-16,25,29H,5-6,8-9,11-12,14H2. The van der Waals surface area contributed by atoms with Crippen LogP contribution in [0.4, 0.5) is 8.78 Å². The van der Waals surface area contributed by atoms with Crippen molar-refractivity contribution < 1.29 is 37.3 Å². The van der Waals surface area contributed by atoms with Gasteiger partial charge in [-0.15, -0.1) is 0 Å². The van der Waals surface area contributed by atoms with E-state index in [0.29, 0.717) is 41.5 Å². The molecular formula is C25H25F2NO6. The molecule has 0 amide bonds. The predicted octanol–water partition coefficient (Wildman–Crippen LogP) is 4.92. The molecule has 0 spiro atoms. The number of ether oxygens (including phenoxy) is 3. The number of oxazole rings is 1. The Hall–Kier alpha value is -3.46. The van der Waals surface area contributed by atoms with Crippen molar-refractivity contribution in [1.29, 1.82) is 0 Å². The molecule has 34 heavy (non-hydrogen) atoms. The van der Waals surface area contributed by atoms with E-state index in [0.717, 1.165) is 12.8 Å². The summed E-state index contributed by atoms with van der Waals surface area (Å²) < 4.78 is 46.7. The topological polar surface area (TPSA) is 91.0 Å². The first kappa shape index (κ1) is 23.7. The van der Waals surface area contributed by atoms with Gasteiger partial charge in [-0.25, -0.2) is 4.98 Å². The van der Waals surface area contributed by atoms with Crippen molar-refractivity contribution in [2.75, 3.05) is 19.8 Å². The molecule has 0 unspecified atom stereocenters. The molecule has 1 aromatic heterocycles. The van der Waals surface area contributed by atoms with Crippen LogP contribution in [0.25, 0.3) is 11.5 Å². The lowest BCUT2D eigenvalue weighted by atomic mass is 10.0. The molecule has 3 aromatic rings. The summed E-state index contributed by atoms with van der Waals surface area (Å²) in [7, 11) is 0. The normalized spacial score (nSPS) is 13.2. The van der Waals surface area contributed by atoms with E-state index < -0.39 is 6.61 Å². The Bertz CT molecular complexity index is 1110. The number of benzene rings is 2. The third-order valence-corrected chi connectivity index (χ3v) is 5.27. The Balaban J connectivity index is 1.43. The Morgan fingerprint density at radius 2 is 1.94 bits per heavy atom. The Morgan fingerprint density at radius 3 is 2.71 bits per heavy atom. The van der Waals surface area contributed by atoms with Gasteiger partial charge in [-0.05, 0) is 49.1 Å². The van der Waals surface area contributed by atoms with E-state index in [9.17, 15) is 13.6 Å². The number of aliphatic hydroxyl groups is 1. The fourth-order valence-corrected chi connectivity index (χ4v) is 3.35. The molecule has 1 aliphatic carbocycles. The summed E-state index contributed by atoms with van der Waals surface area (Å²) in [6.45, 7) is -2.57. The second-order valence-electron chi connectivity index (χ2n) is 7.93. The number of nitrogens with zero attached hydrogens (tertiary/aromatic N) is 1. The maximum absolute atomic E-state index is 12.7. The number of aryl methyl sites for hydroxylation is 1. The molecule has 7 nitrogen and oxygen atoms in total. The highest BCUT2D eigenvalue weighted by atomic mass is 19.3. The summed E-state index contributed by atoms with van der Waals surface area (Å²) in [5.74, 6) is 1.19. The summed E-state index contributed by atoms with van der Waals surface area (Å²) in [5.41, 5.74) is 1.56. The van der Waals surface area contributed by atoms with Gasteiger partial charge in [0, 0.05) is 18.4 Å².